The lowest BCUT2D eigenvalue weighted by molar-refractivity contribution is -0.179. The SMILES string of the molecule is CN1CCC(I)(C(CCCCCCCC(=O)O)(C(=O)O)C2(I)CCN(C)C(C)(C)C2(C)C)C(C)(C)C1(C)C. The van der Waals surface area contributed by atoms with Crippen molar-refractivity contribution in [2.24, 2.45) is 16.2 Å². The summed E-state index contributed by atoms with van der Waals surface area (Å²) in [4.78, 5) is 29.9. The first-order chi connectivity index (χ1) is 17.1. The average Bonchev–Trinajstić information content (AvgIpc) is 2.79. The van der Waals surface area contributed by atoms with Crippen molar-refractivity contribution in [2.75, 3.05) is 27.2 Å². The van der Waals surface area contributed by atoms with Gasteiger partial charge < -0.3 is 20.0 Å². The Hall–Kier alpha value is 0.320. The van der Waals surface area contributed by atoms with Crippen LogP contribution in [0, 0.1) is 16.2 Å². The first kappa shape index (κ1) is 34.5. The number of nitrogens with zero attached hydrogens (tertiary/aromatic N) is 2. The van der Waals surface area contributed by atoms with Crippen LogP contribution in [0.4, 0.5) is 0 Å². The zero-order valence-corrected chi connectivity index (χ0v) is 30.0. The molecule has 2 aliphatic heterocycles. The Kier molecular flexibility index (Phi) is 10.5. The molecule has 2 atom stereocenters. The highest BCUT2D eigenvalue weighted by atomic mass is 127. The molecule has 0 spiro atoms. The summed E-state index contributed by atoms with van der Waals surface area (Å²) in [6.45, 7) is 20.2. The number of likely N-dealkylation sites (tertiary alicyclic amines) is 2. The van der Waals surface area contributed by atoms with Crippen LogP contribution in [-0.2, 0) is 9.59 Å². The normalized spacial score (nSPS) is 32.4. The fourth-order valence-electron chi connectivity index (χ4n) is 7.60. The predicted molar refractivity (Wildman–Crippen MR) is 174 cm³/mol. The Balaban J connectivity index is 2.68. The maximum Gasteiger partial charge on any atom is 0.312 e. The van der Waals surface area contributed by atoms with Gasteiger partial charge in [0.2, 0.25) is 0 Å². The van der Waals surface area contributed by atoms with Crippen molar-refractivity contribution in [2.45, 2.75) is 131 Å². The zero-order chi connectivity index (χ0) is 29.6. The van der Waals surface area contributed by atoms with E-state index in [1.54, 1.807) is 0 Å². The summed E-state index contributed by atoms with van der Waals surface area (Å²) in [6, 6.07) is 0. The van der Waals surface area contributed by atoms with E-state index >= 15 is 0 Å². The van der Waals surface area contributed by atoms with Gasteiger partial charge in [0.05, 0.1) is 5.41 Å². The van der Waals surface area contributed by atoms with Gasteiger partial charge >= 0.3 is 11.9 Å². The van der Waals surface area contributed by atoms with Gasteiger partial charge in [0, 0.05) is 24.3 Å². The Morgan fingerprint density at radius 3 is 1.45 bits per heavy atom. The minimum absolute atomic E-state index is 0.178. The standard InChI is InChI=1S/C30H54I2N2O4/c1-24(2)26(5,6)33(9)20-18-29(24,31)28(23(37)38,17-15-13-11-12-14-16-22(35)36)30(32)19-21-34(10)27(7,8)25(30,3)4/h11-21H2,1-10H3,(H,35,36)(H,37,38). The van der Waals surface area contributed by atoms with Gasteiger partial charge in [-0.15, -0.1) is 0 Å². The third-order valence-corrected chi connectivity index (χ3v) is 17.8. The van der Waals surface area contributed by atoms with E-state index in [0.717, 1.165) is 51.6 Å². The van der Waals surface area contributed by atoms with Crippen LogP contribution in [0.3, 0.4) is 0 Å². The van der Waals surface area contributed by atoms with E-state index in [1.807, 2.05) is 0 Å². The summed E-state index contributed by atoms with van der Waals surface area (Å²) in [5.74, 6) is -1.39. The second kappa shape index (κ2) is 11.5. The van der Waals surface area contributed by atoms with Crippen LogP contribution in [0.1, 0.15) is 113 Å². The minimum atomic E-state index is -0.952. The van der Waals surface area contributed by atoms with E-state index in [9.17, 15) is 14.7 Å². The summed E-state index contributed by atoms with van der Waals surface area (Å²) in [5.41, 5.74) is -1.87. The maximum absolute atomic E-state index is 14.1. The molecule has 8 heteroatoms. The van der Waals surface area contributed by atoms with Crippen LogP contribution in [0.25, 0.3) is 0 Å². The van der Waals surface area contributed by atoms with Crippen LogP contribution in [0.15, 0.2) is 0 Å². The topological polar surface area (TPSA) is 81.1 Å². The van der Waals surface area contributed by atoms with E-state index in [0.29, 0.717) is 12.8 Å². The van der Waals surface area contributed by atoms with Crippen molar-refractivity contribution in [1.82, 2.24) is 9.80 Å². The molecule has 38 heavy (non-hydrogen) atoms. The zero-order valence-electron chi connectivity index (χ0n) is 25.6. The Bertz CT molecular complexity index is 839. The number of piperidine rings is 2. The van der Waals surface area contributed by atoms with Gasteiger partial charge in [-0.25, -0.2) is 0 Å². The number of hydrogen-bond donors (Lipinski definition) is 2. The number of carbonyl (C=O) groups is 2. The predicted octanol–water partition coefficient (Wildman–Crippen LogP) is 7.50. The smallest absolute Gasteiger partial charge is 0.312 e. The minimum Gasteiger partial charge on any atom is -0.481 e. The molecule has 2 rings (SSSR count). The van der Waals surface area contributed by atoms with Crippen LogP contribution in [0.2, 0.25) is 0 Å². The molecule has 2 aliphatic rings. The molecule has 0 aliphatic carbocycles. The molecule has 2 saturated heterocycles. The molecule has 6 nitrogen and oxygen atoms in total. The van der Waals surface area contributed by atoms with Crippen LogP contribution >= 0.6 is 45.2 Å². The molecule has 0 amide bonds. The van der Waals surface area contributed by atoms with Crippen LogP contribution in [-0.4, -0.2) is 77.1 Å². The highest BCUT2D eigenvalue weighted by Gasteiger charge is 2.77. The van der Waals surface area contributed by atoms with Gasteiger partial charge in [0.15, 0.2) is 0 Å². The molecule has 2 fully saturated rings. The quantitative estimate of drug-likeness (QED) is 0.129. The molecule has 222 valence electrons. The maximum atomic E-state index is 14.1. The van der Waals surface area contributed by atoms with Crippen molar-refractivity contribution >= 4 is 57.1 Å². The highest BCUT2D eigenvalue weighted by molar-refractivity contribution is 14.1. The average molecular weight is 761 g/mol. The van der Waals surface area contributed by atoms with E-state index in [-0.39, 0.29) is 28.3 Å². The monoisotopic (exact) mass is 760 g/mol. The second-order valence-corrected chi connectivity index (χ2v) is 17.9. The number of hydrogen-bond acceptors (Lipinski definition) is 4. The summed E-state index contributed by atoms with van der Waals surface area (Å²) >= 11 is 5.27. The van der Waals surface area contributed by atoms with E-state index in [4.69, 9.17) is 5.11 Å². The third-order valence-electron chi connectivity index (χ3n) is 12.2. The first-order valence-corrected chi connectivity index (χ1v) is 16.5. The number of carboxylic acid groups (broad SMARTS) is 2. The number of rotatable bonds is 11. The molecular weight excluding hydrogens is 706 g/mol. The number of alkyl halides is 2. The molecule has 0 aromatic rings. The highest BCUT2D eigenvalue weighted by Crippen LogP contribution is 2.73. The van der Waals surface area contributed by atoms with Crippen molar-refractivity contribution in [1.29, 1.82) is 0 Å². The van der Waals surface area contributed by atoms with E-state index in [1.165, 1.54) is 0 Å². The first-order valence-electron chi connectivity index (χ1n) is 14.4. The van der Waals surface area contributed by atoms with Gasteiger partial charge in [-0.2, -0.15) is 0 Å². The fraction of sp³-hybridized carbons (Fsp3) is 0.933. The van der Waals surface area contributed by atoms with Crippen molar-refractivity contribution < 1.29 is 19.8 Å². The number of carboxylic acids is 2. The molecule has 0 aromatic carbocycles. The molecule has 2 unspecified atom stereocenters. The molecular formula is C30H54I2N2O4. The Labute approximate surface area is 259 Å². The second-order valence-electron chi connectivity index (χ2n) is 14.2. The lowest BCUT2D eigenvalue weighted by Gasteiger charge is -2.72. The van der Waals surface area contributed by atoms with Gasteiger partial charge in [-0.3, -0.25) is 9.59 Å². The van der Waals surface area contributed by atoms with E-state index in [2.05, 4.69) is 124 Å². The summed E-state index contributed by atoms with van der Waals surface area (Å²) in [6.07, 6.45) is 6.80. The number of unbranched alkanes of at least 4 members (excludes halogenated alkanes) is 4. The van der Waals surface area contributed by atoms with Crippen molar-refractivity contribution in [3.05, 3.63) is 0 Å². The Morgan fingerprint density at radius 1 is 0.711 bits per heavy atom. The fourth-order valence-corrected chi connectivity index (χ4v) is 11.8. The van der Waals surface area contributed by atoms with Gasteiger partial charge in [0.25, 0.3) is 0 Å². The number of halogens is 2. The number of aliphatic carboxylic acids is 2. The molecule has 0 bridgehead atoms. The molecule has 2 heterocycles. The summed E-state index contributed by atoms with van der Waals surface area (Å²) in [5, 5.41) is 20.6. The van der Waals surface area contributed by atoms with Crippen molar-refractivity contribution in [3.63, 3.8) is 0 Å². The molecule has 2 N–H and O–H groups in total. The molecule has 0 radical (unpaired) electrons. The van der Waals surface area contributed by atoms with Gasteiger partial charge in [-0.1, -0.05) is 98.6 Å². The lowest BCUT2D eigenvalue weighted by Crippen LogP contribution is -2.79. The third kappa shape index (κ3) is 4.99. The molecule has 0 saturated carbocycles. The molecule has 0 aromatic heterocycles. The van der Waals surface area contributed by atoms with Gasteiger partial charge in [0.1, 0.15) is 0 Å². The van der Waals surface area contributed by atoms with Crippen molar-refractivity contribution in [3.8, 4) is 0 Å². The van der Waals surface area contributed by atoms with Crippen LogP contribution in [0.5, 0.6) is 0 Å². The largest absolute Gasteiger partial charge is 0.481 e. The summed E-state index contributed by atoms with van der Waals surface area (Å²) < 4.78 is -0.958. The lowest BCUT2D eigenvalue weighted by atomic mass is 9.43. The van der Waals surface area contributed by atoms with Gasteiger partial charge in [-0.05, 0) is 91.4 Å². The van der Waals surface area contributed by atoms with E-state index < -0.39 is 24.2 Å². The summed E-state index contributed by atoms with van der Waals surface area (Å²) in [7, 11) is 4.36. The Morgan fingerprint density at radius 2 is 1.08 bits per heavy atom. The van der Waals surface area contributed by atoms with Crippen LogP contribution < -0.4 is 0 Å².